The fourth-order valence-corrected chi connectivity index (χ4v) is 3.55. The van der Waals surface area contributed by atoms with Crippen molar-refractivity contribution in [3.8, 4) is 0 Å². The highest BCUT2D eigenvalue weighted by Crippen LogP contribution is 2.36. The average Bonchev–Trinajstić information content (AvgIpc) is 3.31. The summed E-state index contributed by atoms with van der Waals surface area (Å²) in [5, 5.41) is 12.3. The molecule has 1 saturated heterocycles. The number of ether oxygens (including phenoxy) is 1. The number of piperidine rings is 1. The molecule has 2 fully saturated rings. The first kappa shape index (κ1) is 16.2. The Morgan fingerprint density at radius 1 is 1.35 bits per heavy atom. The van der Waals surface area contributed by atoms with Crippen LogP contribution in [0.1, 0.15) is 38.6 Å². The van der Waals surface area contributed by atoms with Crippen LogP contribution in [0.5, 0.6) is 0 Å². The predicted octanol–water partition coefficient (Wildman–Crippen LogP) is 0.902. The first-order valence-corrected chi connectivity index (χ1v) is 9.02. The van der Waals surface area contributed by atoms with Gasteiger partial charge < -0.3 is 9.64 Å². The second kappa shape index (κ2) is 7.29. The van der Waals surface area contributed by atoms with Crippen LogP contribution < -0.4 is 0 Å². The van der Waals surface area contributed by atoms with Crippen LogP contribution in [0.4, 0.5) is 0 Å². The van der Waals surface area contributed by atoms with Crippen molar-refractivity contribution in [1.82, 2.24) is 25.1 Å². The number of aromatic nitrogens is 4. The van der Waals surface area contributed by atoms with Gasteiger partial charge in [-0.1, -0.05) is 11.8 Å². The topological polar surface area (TPSA) is 90.2 Å². The number of tetrazole rings is 1. The molecule has 23 heavy (non-hydrogen) atoms. The molecule has 2 aliphatic rings. The normalized spacial score (nSPS) is 21.3. The SMILES string of the molecule is CCOC(=O)C1CCCN(C(=O)CSc2nnnn2C2CC2)C1. The van der Waals surface area contributed by atoms with Gasteiger partial charge in [0, 0.05) is 13.1 Å². The van der Waals surface area contributed by atoms with E-state index >= 15 is 0 Å². The van der Waals surface area contributed by atoms with Crippen LogP contribution in [0.2, 0.25) is 0 Å². The lowest BCUT2D eigenvalue weighted by molar-refractivity contribution is -0.151. The molecule has 1 saturated carbocycles. The van der Waals surface area contributed by atoms with Gasteiger partial charge in [-0.25, -0.2) is 4.68 Å². The summed E-state index contributed by atoms with van der Waals surface area (Å²) in [6.07, 6.45) is 3.81. The summed E-state index contributed by atoms with van der Waals surface area (Å²) in [6, 6.07) is 0.394. The Labute approximate surface area is 138 Å². The molecule has 1 amide bonds. The molecule has 1 aromatic rings. The lowest BCUT2D eigenvalue weighted by Crippen LogP contribution is -2.43. The molecule has 3 rings (SSSR count). The van der Waals surface area contributed by atoms with E-state index in [-0.39, 0.29) is 17.8 Å². The second-order valence-corrected chi connectivity index (χ2v) is 6.80. The minimum Gasteiger partial charge on any atom is -0.466 e. The minimum atomic E-state index is -0.200. The van der Waals surface area contributed by atoms with Gasteiger partial charge in [-0.05, 0) is 43.0 Å². The van der Waals surface area contributed by atoms with Crippen LogP contribution in [0.25, 0.3) is 0 Å². The second-order valence-electron chi connectivity index (χ2n) is 5.86. The highest BCUT2D eigenvalue weighted by Gasteiger charge is 2.31. The number of esters is 1. The highest BCUT2D eigenvalue weighted by atomic mass is 32.2. The summed E-state index contributed by atoms with van der Waals surface area (Å²) >= 11 is 1.36. The molecule has 0 spiro atoms. The zero-order valence-corrected chi connectivity index (χ0v) is 14.0. The standard InChI is InChI=1S/C14H21N5O3S/c1-2-22-13(21)10-4-3-7-18(8-10)12(20)9-23-14-15-16-17-19(14)11-5-6-11/h10-11H,2-9H2,1H3. The predicted molar refractivity (Wildman–Crippen MR) is 82.7 cm³/mol. The Balaban J connectivity index is 1.51. The van der Waals surface area contributed by atoms with E-state index in [1.807, 2.05) is 0 Å². The largest absolute Gasteiger partial charge is 0.466 e. The third-order valence-electron chi connectivity index (χ3n) is 4.07. The number of hydrogen-bond donors (Lipinski definition) is 0. The number of rotatable bonds is 6. The van der Waals surface area contributed by atoms with Gasteiger partial charge in [-0.2, -0.15) is 0 Å². The molecule has 1 aliphatic carbocycles. The van der Waals surface area contributed by atoms with E-state index in [1.165, 1.54) is 11.8 Å². The van der Waals surface area contributed by atoms with E-state index in [9.17, 15) is 9.59 Å². The molecule has 9 heteroatoms. The van der Waals surface area contributed by atoms with Crippen molar-refractivity contribution in [2.75, 3.05) is 25.4 Å². The Morgan fingerprint density at radius 2 is 2.17 bits per heavy atom. The van der Waals surface area contributed by atoms with E-state index in [2.05, 4.69) is 15.5 Å². The number of hydrogen-bond acceptors (Lipinski definition) is 7. The lowest BCUT2D eigenvalue weighted by Gasteiger charge is -2.31. The van der Waals surface area contributed by atoms with E-state index in [1.54, 1.807) is 16.5 Å². The number of carbonyl (C=O) groups is 2. The average molecular weight is 339 g/mol. The van der Waals surface area contributed by atoms with Crippen molar-refractivity contribution in [2.24, 2.45) is 5.92 Å². The van der Waals surface area contributed by atoms with Crippen molar-refractivity contribution in [2.45, 2.75) is 43.8 Å². The Bertz CT molecular complexity index is 575. The van der Waals surface area contributed by atoms with Crippen LogP contribution in [0, 0.1) is 5.92 Å². The number of nitrogens with zero attached hydrogens (tertiary/aromatic N) is 5. The van der Waals surface area contributed by atoms with Gasteiger partial charge in [0.15, 0.2) is 0 Å². The van der Waals surface area contributed by atoms with Crippen molar-refractivity contribution in [3.05, 3.63) is 0 Å². The van der Waals surface area contributed by atoms with Gasteiger partial charge in [0.25, 0.3) is 0 Å². The molecule has 1 unspecified atom stereocenters. The van der Waals surface area contributed by atoms with Crippen LogP contribution in [-0.4, -0.2) is 62.4 Å². The summed E-state index contributed by atoms with van der Waals surface area (Å²) in [6.45, 7) is 3.32. The molecule has 0 N–H and O–H groups in total. The van der Waals surface area contributed by atoms with Gasteiger partial charge in [0.05, 0.1) is 24.3 Å². The van der Waals surface area contributed by atoms with E-state index in [0.29, 0.717) is 36.6 Å². The van der Waals surface area contributed by atoms with Crippen LogP contribution in [-0.2, 0) is 14.3 Å². The van der Waals surface area contributed by atoms with Crippen LogP contribution >= 0.6 is 11.8 Å². The number of amides is 1. The maximum atomic E-state index is 12.4. The summed E-state index contributed by atoms with van der Waals surface area (Å²) < 4.78 is 6.87. The maximum Gasteiger partial charge on any atom is 0.310 e. The zero-order valence-electron chi connectivity index (χ0n) is 13.2. The van der Waals surface area contributed by atoms with Gasteiger partial charge >= 0.3 is 5.97 Å². The third kappa shape index (κ3) is 4.01. The molecule has 1 aliphatic heterocycles. The van der Waals surface area contributed by atoms with Crippen molar-refractivity contribution in [1.29, 1.82) is 0 Å². The molecular weight excluding hydrogens is 318 g/mol. The summed E-state index contributed by atoms with van der Waals surface area (Å²) in [5.41, 5.74) is 0. The van der Waals surface area contributed by atoms with Gasteiger partial charge in [-0.15, -0.1) is 5.10 Å². The fraction of sp³-hybridized carbons (Fsp3) is 0.786. The van der Waals surface area contributed by atoms with Crippen LogP contribution in [0.15, 0.2) is 5.16 Å². The Hall–Kier alpha value is -1.64. The molecule has 126 valence electrons. The Morgan fingerprint density at radius 3 is 2.91 bits per heavy atom. The summed E-state index contributed by atoms with van der Waals surface area (Å²) in [5.74, 6) is -0.0815. The van der Waals surface area contributed by atoms with E-state index < -0.39 is 0 Å². The van der Waals surface area contributed by atoms with Gasteiger partial charge in [0.2, 0.25) is 11.1 Å². The summed E-state index contributed by atoms with van der Waals surface area (Å²) in [7, 11) is 0. The highest BCUT2D eigenvalue weighted by molar-refractivity contribution is 7.99. The first-order valence-electron chi connectivity index (χ1n) is 8.04. The van der Waals surface area contributed by atoms with Gasteiger partial charge in [0.1, 0.15) is 0 Å². The monoisotopic (exact) mass is 339 g/mol. The molecule has 2 heterocycles. The fourth-order valence-electron chi connectivity index (χ4n) is 2.70. The number of likely N-dealkylation sites (tertiary alicyclic amines) is 1. The molecule has 0 bridgehead atoms. The van der Waals surface area contributed by atoms with Crippen LogP contribution in [0.3, 0.4) is 0 Å². The number of thioether (sulfide) groups is 1. The quantitative estimate of drug-likeness (QED) is 0.562. The van der Waals surface area contributed by atoms with E-state index in [0.717, 1.165) is 25.7 Å². The Kier molecular flexibility index (Phi) is 5.14. The molecule has 0 aromatic carbocycles. The molecule has 1 aromatic heterocycles. The van der Waals surface area contributed by atoms with Gasteiger partial charge in [-0.3, -0.25) is 9.59 Å². The maximum absolute atomic E-state index is 12.4. The van der Waals surface area contributed by atoms with Crippen molar-refractivity contribution < 1.29 is 14.3 Å². The number of carbonyl (C=O) groups excluding carboxylic acids is 2. The molecule has 0 radical (unpaired) electrons. The van der Waals surface area contributed by atoms with E-state index in [4.69, 9.17) is 4.74 Å². The molecule has 8 nitrogen and oxygen atoms in total. The van der Waals surface area contributed by atoms with Crippen molar-refractivity contribution >= 4 is 23.6 Å². The zero-order chi connectivity index (χ0) is 16.2. The smallest absolute Gasteiger partial charge is 0.310 e. The molecule has 1 atom stereocenters. The summed E-state index contributed by atoms with van der Waals surface area (Å²) in [4.78, 5) is 26.0. The first-order chi connectivity index (χ1) is 11.2. The van der Waals surface area contributed by atoms with Crippen molar-refractivity contribution in [3.63, 3.8) is 0 Å². The lowest BCUT2D eigenvalue weighted by atomic mass is 9.98. The molecular formula is C14H21N5O3S. The minimum absolute atomic E-state index is 0.0225. The third-order valence-corrected chi connectivity index (χ3v) is 4.99.